The first-order chi connectivity index (χ1) is 33.6. The van der Waals surface area contributed by atoms with Crippen LogP contribution in [0.5, 0.6) is 0 Å². The van der Waals surface area contributed by atoms with Crippen molar-refractivity contribution < 1.29 is 19.0 Å². The molecule has 0 aliphatic rings. The highest BCUT2D eigenvalue weighted by Gasteiger charge is 2.44. The maximum absolute atomic E-state index is 11.7. The van der Waals surface area contributed by atoms with Crippen LogP contribution >= 0.6 is 0 Å². The molecule has 0 aromatic heterocycles. The molecule has 3 aromatic carbocycles. The van der Waals surface area contributed by atoms with E-state index in [1.165, 1.54) is 197 Å². The number of hydrogen-bond acceptors (Lipinski definition) is 2. The first-order valence-corrected chi connectivity index (χ1v) is 29.9. The molecule has 0 bridgehead atoms. The minimum absolute atomic E-state index is 0.0885. The molecule has 0 fully saturated rings. The van der Waals surface area contributed by atoms with Crippen molar-refractivity contribution in [2.75, 3.05) is 52.4 Å². The van der Waals surface area contributed by atoms with Crippen molar-refractivity contribution in [2.24, 2.45) is 0 Å². The van der Waals surface area contributed by atoms with Gasteiger partial charge in [0, 0.05) is 5.41 Å². The Hall–Kier alpha value is -2.44. The number of nitrogens with zero attached hydrogens (tertiary/aromatic N) is 2. The number of hydrogen-bond donors (Lipinski definition) is 0. The lowest BCUT2D eigenvalue weighted by Crippen LogP contribution is -2.50. The van der Waals surface area contributed by atoms with Crippen molar-refractivity contribution >= 4 is 7.12 Å². The Bertz CT molecular complexity index is 1550. The Morgan fingerprint density at radius 3 is 0.690 bits per heavy atom. The number of quaternary nitrogens is 2. The lowest BCUT2D eigenvalue weighted by molar-refractivity contribution is -0.929. The molecular weight excluding hydrogens is 864 g/mol. The Balaban J connectivity index is 0.000000618. The van der Waals surface area contributed by atoms with E-state index in [2.05, 4.69) is 190 Å². The summed E-state index contributed by atoms with van der Waals surface area (Å²) in [6.45, 7) is 50.5. The van der Waals surface area contributed by atoms with Crippen LogP contribution in [-0.2, 0) is 21.7 Å². The largest absolute Gasteiger partial charge is 0.893 e. The zero-order chi connectivity index (χ0) is 53.6. The van der Waals surface area contributed by atoms with Crippen molar-refractivity contribution in [3.05, 3.63) is 106 Å². The molecule has 3 rings (SSSR count). The summed E-state index contributed by atoms with van der Waals surface area (Å²) in [5.41, 5.74) is 6.90. The van der Waals surface area contributed by atoms with Crippen molar-refractivity contribution in [3.63, 3.8) is 0 Å². The summed E-state index contributed by atoms with van der Waals surface area (Å²) in [7, 11) is -1.81. The quantitative estimate of drug-likeness (QED) is 0.0366. The second-order valence-electron chi connectivity index (χ2n) is 24.9. The molecule has 0 heterocycles. The first kappa shape index (κ1) is 66.6. The van der Waals surface area contributed by atoms with Gasteiger partial charge in [0.2, 0.25) is 0 Å². The van der Waals surface area contributed by atoms with Gasteiger partial charge in [0.25, 0.3) is 0 Å². The molecule has 0 saturated heterocycles. The summed E-state index contributed by atoms with van der Waals surface area (Å²) in [4.78, 5) is 0. The third kappa shape index (κ3) is 22.5. The lowest BCUT2D eigenvalue weighted by atomic mass is 9.58. The second kappa shape index (κ2) is 34.2. The fourth-order valence-electron chi connectivity index (χ4n) is 11.2. The standard InChI is InChI=1S/C34H45BO2.2C16H36N/c1-31(2,3)25-17-10-13-20-28(25)34(23-16-24-35(36)37,29-21-14-11-18-26(29)32(4,5)6)30-22-15-12-19-27(30)33(7,8)9;2*1-5-9-13-17(14-10-6-2,15-11-7-3)16-12-8-4/h10-15,17-22H,16,23-24H2,1-9H3;2*5-16H2,1-4H3/q-2;2*+1. The predicted molar refractivity (Wildman–Crippen MR) is 314 cm³/mol. The van der Waals surface area contributed by atoms with E-state index in [4.69, 9.17) is 0 Å². The molecule has 0 saturated carbocycles. The van der Waals surface area contributed by atoms with Gasteiger partial charge in [-0.3, -0.25) is 0 Å². The van der Waals surface area contributed by atoms with Crippen LogP contribution in [0.15, 0.2) is 72.8 Å². The van der Waals surface area contributed by atoms with Crippen LogP contribution in [0.4, 0.5) is 0 Å². The molecule has 71 heavy (non-hydrogen) atoms. The molecule has 5 heteroatoms. The average Bonchev–Trinajstić information content (AvgIpc) is 3.34. The van der Waals surface area contributed by atoms with Crippen molar-refractivity contribution in [1.29, 1.82) is 0 Å². The maximum Gasteiger partial charge on any atom is 0.0786 e. The lowest BCUT2D eigenvalue weighted by Gasteiger charge is -2.45. The average molecular weight is 981 g/mol. The van der Waals surface area contributed by atoms with E-state index in [0.717, 1.165) is 0 Å². The number of rotatable bonds is 31. The summed E-state index contributed by atoms with van der Waals surface area (Å²) in [6, 6.07) is 26.4. The van der Waals surface area contributed by atoms with Gasteiger partial charge in [0.05, 0.1) is 52.4 Å². The van der Waals surface area contributed by atoms with Gasteiger partial charge in [-0.15, -0.1) is 13.4 Å². The molecule has 406 valence electrons. The van der Waals surface area contributed by atoms with E-state index in [9.17, 15) is 10.0 Å². The Morgan fingerprint density at radius 1 is 0.324 bits per heavy atom. The fraction of sp³-hybridized carbons (Fsp3) is 0.727. The minimum Gasteiger partial charge on any atom is -0.893 e. The molecule has 0 N–H and O–H groups in total. The van der Waals surface area contributed by atoms with Gasteiger partial charge in [0.15, 0.2) is 0 Å². The van der Waals surface area contributed by atoms with Gasteiger partial charge in [-0.1, -0.05) is 248 Å². The molecule has 0 atom stereocenters. The summed E-state index contributed by atoms with van der Waals surface area (Å²) >= 11 is 0. The minimum atomic E-state index is -1.81. The van der Waals surface area contributed by atoms with Gasteiger partial charge >= 0.3 is 0 Å². The molecule has 0 aliphatic heterocycles. The van der Waals surface area contributed by atoms with E-state index >= 15 is 0 Å². The molecule has 0 radical (unpaired) electrons. The SMILES string of the molecule is CC(C)(C)c1ccccc1C(CCCB([O-])[O-])(c1ccccc1C(C)(C)C)c1ccccc1C(C)(C)C.CCCC[N+](CCCC)(CCCC)CCCC.CCCC[N+](CCCC)(CCCC)CCCC. The number of unbranched alkanes of at least 4 members (excludes halogenated alkanes) is 8. The van der Waals surface area contributed by atoms with Gasteiger partial charge in [-0.2, -0.15) is 0 Å². The monoisotopic (exact) mass is 981 g/mol. The molecular formula is C66H117BN2O2. The molecule has 3 aromatic rings. The van der Waals surface area contributed by atoms with Gasteiger partial charge in [-0.05, 0) is 107 Å². The smallest absolute Gasteiger partial charge is 0.0786 e. The predicted octanol–water partition coefficient (Wildman–Crippen LogP) is 16.9. The van der Waals surface area contributed by atoms with Crippen LogP contribution in [0.25, 0.3) is 0 Å². The van der Waals surface area contributed by atoms with Crippen LogP contribution in [-0.4, -0.2) is 68.4 Å². The molecule has 0 amide bonds. The van der Waals surface area contributed by atoms with Crippen LogP contribution in [0.3, 0.4) is 0 Å². The van der Waals surface area contributed by atoms with Crippen LogP contribution in [0.1, 0.15) is 267 Å². The summed E-state index contributed by atoms with van der Waals surface area (Å²) in [5, 5.41) is 23.5. The van der Waals surface area contributed by atoms with Crippen molar-refractivity contribution in [2.45, 2.75) is 261 Å². The summed E-state index contributed by atoms with van der Waals surface area (Å²) in [5.74, 6) is 0. The third-order valence-electron chi connectivity index (χ3n) is 15.5. The van der Waals surface area contributed by atoms with Gasteiger partial charge in [0.1, 0.15) is 0 Å². The highest BCUT2D eigenvalue weighted by atomic mass is 16.4. The van der Waals surface area contributed by atoms with Crippen LogP contribution < -0.4 is 10.0 Å². The van der Waals surface area contributed by atoms with E-state index in [1.807, 2.05) is 0 Å². The van der Waals surface area contributed by atoms with Crippen LogP contribution in [0, 0.1) is 0 Å². The van der Waals surface area contributed by atoms with Crippen molar-refractivity contribution in [1.82, 2.24) is 0 Å². The Labute approximate surface area is 443 Å². The van der Waals surface area contributed by atoms with E-state index in [1.54, 1.807) is 0 Å². The van der Waals surface area contributed by atoms with Gasteiger partial charge in [-0.25, -0.2) is 0 Å². The first-order valence-electron chi connectivity index (χ1n) is 29.9. The zero-order valence-corrected chi connectivity index (χ0v) is 50.3. The Morgan fingerprint density at radius 2 is 0.521 bits per heavy atom. The molecule has 0 aliphatic carbocycles. The highest BCUT2D eigenvalue weighted by molar-refractivity contribution is 6.36. The normalized spacial score (nSPS) is 12.5. The van der Waals surface area contributed by atoms with E-state index in [0.29, 0.717) is 12.8 Å². The van der Waals surface area contributed by atoms with Gasteiger partial charge < -0.3 is 19.0 Å². The third-order valence-corrected chi connectivity index (χ3v) is 15.5. The highest BCUT2D eigenvalue weighted by Crippen LogP contribution is 2.52. The molecule has 0 unspecified atom stereocenters. The molecule has 0 spiro atoms. The zero-order valence-electron chi connectivity index (χ0n) is 50.3. The second-order valence-corrected chi connectivity index (χ2v) is 24.9. The van der Waals surface area contributed by atoms with E-state index < -0.39 is 12.5 Å². The maximum atomic E-state index is 11.7. The van der Waals surface area contributed by atoms with Crippen molar-refractivity contribution in [3.8, 4) is 0 Å². The Kier molecular flexibility index (Phi) is 32.1. The fourth-order valence-corrected chi connectivity index (χ4v) is 11.2. The topological polar surface area (TPSA) is 46.1 Å². The van der Waals surface area contributed by atoms with Crippen LogP contribution in [0.2, 0.25) is 6.32 Å². The molecule has 4 nitrogen and oxygen atoms in total. The van der Waals surface area contributed by atoms with E-state index in [-0.39, 0.29) is 22.6 Å². The summed E-state index contributed by atoms with van der Waals surface area (Å²) < 4.78 is 2.84. The number of benzene rings is 3. The summed E-state index contributed by atoms with van der Waals surface area (Å²) in [6.07, 6.45) is 23.5.